The largest absolute Gasteiger partial charge is 0.325 e. The zero-order valence-electron chi connectivity index (χ0n) is 11.4. The highest BCUT2D eigenvalue weighted by molar-refractivity contribution is 7.91. The van der Waals surface area contributed by atoms with Crippen molar-refractivity contribution in [2.24, 2.45) is 0 Å². The molecule has 22 heavy (non-hydrogen) atoms. The topological polar surface area (TPSA) is 63.2 Å². The van der Waals surface area contributed by atoms with Gasteiger partial charge in [0.15, 0.2) is 9.84 Å². The molecule has 2 rings (SSSR count). The van der Waals surface area contributed by atoms with Crippen molar-refractivity contribution in [3.63, 3.8) is 0 Å². The van der Waals surface area contributed by atoms with Crippen LogP contribution in [0.1, 0.15) is 6.42 Å². The summed E-state index contributed by atoms with van der Waals surface area (Å²) in [6.07, 6.45) is -0.246. The molecule has 0 aliphatic heterocycles. The monoisotopic (exact) mass is 341 g/mol. The maximum atomic E-state index is 13.1. The highest BCUT2D eigenvalue weighted by Gasteiger charge is 2.17. The van der Waals surface area contributed by atoms with Crippen LogP contribution in [0.25, 0.3) is 0 Å². The number of nitrogens with one attached hydrogen (secondary N) is 1. The van der Waals surface area contributed by atoms with Gasteiger partial charge in [0.25, 0.3) is 0 Å². The molecule has 1 N–H and O–H groups in total. The van der Waals surface area contributed by atoms with Gasteiger partial charge in [-0.25, -0.2) is 12.8 Å². The fourth-order valence-electron chi connectivity index (χ4n) is 1.78. The van der Waals surface area contributed by atoms with Gasteiger partial charge < -0.3 is 5.32 Å². The van der Waals surface area contributed by atoms with E-state index in [0.29, 0.717) is 10.7 Å². The molecule has 1 amide bonds. The predicted octanol–water partition coefficient (Wildman–Crippen LogP) is 3.28. The first-order valence-electron chi connectivity index (χ1n) is 6.41. The molecule has 4 nitrogen and oxygen atoms in total. The van der Waals surface area contributed by atoms with Crippen molar-refractivity contribution >= 4 is 33.0 Å². The van der Waals surface area contributed by atoms with Gasteiger partial charge in [-0.2, -0.15) is 0 Å². The smallest absolute Gasteiger partial charge is 0.225 e. The highest BCUT2D eigenvalue weighted by atomic mass is 35.5. The van der Waals surface area contributed by atoms with E-state index in [1.807, 2.05) is 0 Å². The van der Waals surface area contributed by atoms with Crippen molar-refractivity contribution in [2.75, 3.05) is 11.1 Å². The third-order valence-corrected chi connectivity index (χ3v) is 4.94. The molecule has 0 radical (unpaired) electrons. The molecule has 0 heterocycles. The van der Waals surface area contributed by atoms with Crippen molar-refractivity contribution in [1.29, 1.82) is 0 Å². The zero-order valence-corrected chi connectivity index (χ0v) is 13.0. The first-order chi connectivity index (χ1) is 10.4. The minimum Gasteiger partial charge on any atom is -0.325 e. The highest BCUT2D eigenvalue weighted by Crippen LogP contribution is 2.21. The van der Waals surface area contributed by atoms with Gasteiger partial charge in [0.2, 0.25) is 5.91 Å². The number of anilines is 1. The Morgan fingerprint density at radius 3 is 2.55 bits per heavy atom. The number of hydrogen-bond donors (Lipinski definition) is 1. The number of rotatable bonds is 5. The van der Waals surface area contributed by atoms with Crippen molar-refractivity contribution in [3.8, 4) is 0 Å². The third kappa shape index (κ3) is 4.29. The molecule has 2 aromatic rings. The van der Waals surface area contributed by atoms with Gasteiger partial charge in [0.1, 0.15) is 5.82 Å². The number of halogens is 2. The van der Waals surface area contributed by atoms with Gasteiger partial charge in [-0.05, 0) is 30.3 Å². The van der Waals surface area contributed by atoms with Gasteiger partial charge in [0, 0.05) is 6.42 Å². The molecule has 7 heteroatoms. The van der Waals surface area contributed by atoms with E-state index in [9.17, 15) is 17.6 Å². The Kier molecular flexibility index (Phi) is 5.15. The first kappa shape index (κ1) is 16.5. The Labute approximate surface area is 132 Å². The standard InChI is InChI=1S/C15H13ClFNO3S/c16-13-6-1-2-7-14(13)18-15(19)8-9-22(20,21)12-5-3-4-11(17)10-12/h1-7,10H,8-9H2,(H,18,19). The first-order valence-corrected chi connectivity index (χ1v) is 8.44. The predicted molar refractivity (Wildman–Crippen MR) is 83.2 cm³/mol. The molecule has 0 saturated carbocycles. The lowest BCUT2D eigenvalue weighted by Crippen LogP contribution is -2.17. The van der Waals surface area contributed by atoms with Crippen molar-refractivity contribution in [1.82, 2.24) is 0 Å². The lowest BCUT2D eigenvalue weighted by molar-refractivity contribution is -0.115. The Morgan fingerprint density at radius 1 is 1.14 bits per heavy atom. The van der Waals surface area contributed by atoms with Gasteiger partial charge in [0.05, 0.1) is 21.4 Å². The second kappa shape index (κ2) is 6.89. The van der Waals surface area contributed by atoms with Crippen LogP contribution in [0.4, 0.5) is 10.1 Å². The van der Waals surface area contributed by atoms with Gasteiger partial charge >= 0.3 is 0 Å². The third-order valence-electron chi connectivity index (χ3n) is 2.90. The molecule has 0 aliphatic carbocycles. The van der Waals surface area contributed by atoms with Gasteiger partial charge in [-0.15, -0.1) is 0 Å². The van der Waals surface area contributed by atoms with Crippen LogP contribution in [0.15, 0.2) is 53.4 Å². The van der Waals surface area contributed by atoms with E-state index in [-0.39, 0.29) is 11.3 Å². The SMILES string of the molecule is O=C(CCS(=O)(=O)c1cccc(F)c1)Nc1ccccc1Cl. The summed E-state index contributed by atoms with van der Waals surface area (Å²) < 4.78 is 37.1. The minimum atomic E-state index is -3.71. The molecule has 0 saturated heterocycles. The average molecular weight is 342 g/mol. The van der Waals surface area contributed by atoms with E-state index < -0.39 is 27.3 Å². The van der Waals surface area contributed by atoms with E-state index in [1.54, 1.807) is 24.3 Å². The quantitative estimate of drug-likeness (QED) is 0.907. The van der Waals surface area contributed by atoms with Crippen LogP contribution in [0, 0.1) is 5.82 Å². The average Bonchev–Trinajstić information content (AvgIpc) is 2.48. The molecule has 0 fully saturated rings. The number of carbonyl (C=O) groups excluding carboxylic acids is 1. The molecule has 0 unspecified atom stereocenters. The lowest BCUT2D eigenvalue weighted by Gasteiger charge is -2.07. The fourth-order valence-corrected chi connectivity index (χ4v) is 3.23. The Bertz CT molecular complexity index is 793. The summed E-state index contributed by atoms with van der Waals surface area (Å²) in [5, 5.41) is 2.90. The minimum absolute atomic E-state index is 0.141. The maximum Gasteiger partial charge on any atom is 0.225 e. The van der Waals surface area contributed by atoms with E-state index >= 15 is 0 Å². The molecular weight excluding hydrogens is 329 g/mol. The summed E-state index contributed by atoms with van der Waals surface area (Å²) in [5.41, 5.74) is 0.414. The number of carbonyl (C=O) groups is 1. The van der Waals surface area contributed by atoms with Crippen LogP contribution >= 0.6 is 11.6 Å². The van der Waals surface area contributed by atoms with Crippen LogP contribution < -0.4 is 5.32 Å². The van der Waals surface area contributed by atoms with E-state index in [1.165, 1.54) is 12.1 Å². The van der Waals surface area contributed by atoms with Crippen LogP contribution in [0.2, 0.25) is 5.02 Å². The van der Waals surface area contributed by atoms with E-state index in [2.05, 4.69) is 5.32 Å². The van der Waals surface area contributed by atoms with Gasteiger partial charge in [-0.3, -0.25) is 4.79 Å². The summed E-state index contributed by atoms with van der Waals surface area (Å²) in [5.74, 6) is -1.53. The van der Waals surface area contributed by atoms with Crippen LogP contribution in [-0.2, 0) is 14.6 Å². The number of sulfone groups is 1. The fraction of sp³-hybridized carbons (Fsp3) is 0.133. The van der Waals surface area contributed by atoms with Crippen LogP contribution in [-0.4, -0.2) is 20.1 Å². The second-order valence-electron chi connectivity index (χ2n) is 4.55. The lowest BCUT2D eigenvalue weighted by atomic mass is 10.3. The molecule has 0 bridgehead atoms. The van der Waals surface area contributed by atoms with Crippen molar-refractivity contribution < 1.29 is 17.6 Å². The van der Waals surface area contributed by atoms with Gasteiger partial charge in [-0.1, -0.05) is 29.8 Å². The summed E-state index contributed by atoms with van der Waals surface area (Å²) in [6.45, 7) is 0. The molecule has 0 atom stereocenters. The summed E-state index contributed by atoms with van der Waals surface area (Å²) in [4.78, 5) is 11.7. The summed E-state index contributed by atoms with van der Waals surface area (Å²) in [7, 11) is -3.71. The van der Waals surface area contributed by atoms with Crippen molar-refractivity contribution in [3.05, 3.63) is 59.4 Å². The summed E-state index contributed by atoms with van der Waals surface area (Å²) in [6, 6.07) is 11.3. The van der Waals surface area contributed by atoms with Crippen LogP contribution in [0.3, 0.4) is 0 Å². The number of amides is 1. The number of benzene rings is 2. The molecule has 116 valence electrons. The van der Waals surface area contributed by atoms with E-state index in [4.69, 9.17) is 11.6 Å². The molecule has 0 aromatic heterocycles. The van der Waals surface area contributed by atoms with Crippen molar-refractivity contribution in [2.45, 2.75) is 11.3 Å². The zero-order chi connectivity index (χ0) is 16.2. The number of para-hydroxylation sites is 1. The molecule has 0 spiro atoms. The Balaban J connectivity index is 2.00. The maximum absolute atomic E-state index is 13.1. The van der Waals surface area contributed by atoms with E-state index in [0.717, 1.165) is 12.1 Å². The Morgan fingerprint density at radius 2 is 1.86 bits per heavy atom. The normalized spacial score (nSPS) is 11.2. The summed E-state index contributed by atoms with van der Waals surface area (Å²) >= 11 is 5.90. The molecule has 2 aromatic carbocycles. The Hall–Kier alpha value is -1.92. The van der Waals surface area contributed by atoms with Crippen LogP contribution in [0.5, 0.6) is 0 Å². The molecule has 0 aliphatic rings. The second-order valence-corrected chi connectivity index (χ2v) is 7.07. The molecular formula is C15H13ClFNO3S. The number of hydrogen-bond acceptors (Lipinski definition) is 3.